The van der Waals surface area contributed by atoms with Gasteiger partial charge >= 0.3 is 0 Å². The lowest BCUT2D eigenvalue weighted by molar-refractivity contribution is -0.131. The SMILES string of the molecule is CC(NC(=O)COC(C)(C)C)c1nncn1C. The molecule has 96 valence electrons. The van der Waals surface area contributed by atoms with Crippen LogP contribution in [-0.4, -0.2) is 32.9 Å². The van der Waals surface area contributed by atoms with E-state index < -0.39 is 0 Å². The van der Waals surface area contributed by atoms with Crippen LogP contribution in [-0.2, 0) is 16.6 Å². The molecule has 1 aromatic heterocycles. The number of rotatable bonds is 4. The van der Waals surface area contributed by atoms with Gasteiger partial charge in [-0.25, -0.2) is 0 Å². The van der Waals surface area contributed by atoms with E-state index in [0.717, 1.165) is 0 Å². The number of ether oxygens (including phenoxy) is 1. The average Bonchev–Trinajstić information content (AvgIpc) is 2.60. The van der Waals surface area contributed by atoms with Crippen LogP contribution in [0.4, 0.5) is 0 Å². The maximum atomic E-state index is 11.6. The van der Waals surface area contributed by atoms with E-state index in [9.17, 15) is 4.79 Å². The lowest BCUT2D eigenvalue weighted by atomic mass is 10.2. The highest BCUT2D eigenvalue weighted by Crippen LogP contribution is 2.08. The van der Waals surface area contributed by atoms with Crippen LogP contribution >= 0.6 is 0 Å². The molecule has 1 N–H and O–H groups in total. The van der Waals surface area contributed by atoms with Gasteiger partial charge in [-0.1, -0.05) is 0 Å². The Bertz CT molecular complexity index is 381. The number of aromatic nitrogens is 3. The molecule has 1 amide bonds. The van der Waals surface area contributed by atoms with Crippen LogP contribution in [0.1, 0.15) is 39.6 Å². The largest absolute Gasteiger partial charge is 0.366 e. The van der Waals surface area contributed by atoms with Crippen LogP contribution in [0.2, 0.25) is 0 Å². The van der Waals surface area contributed by atoms with E-state index in [1.807, 2.05) is 34.7 Å². The standard InChI is InChI=1S/C11H20N4O2/c1-8(10-14-12-7-15(10)5)13-9(16)6-17-11(2,3)4/h7-8H,6H2,1-5H3,(H,13,16). The van der Waals surface area contributed by atoms with Gasteiger partial charge in [0.2, 0.25) is 5.91 Å². The summed E-state index contributed by atoms with van der Waals surface area (Å²) in [5, 5.41) is 10.5. The molecular formula is C11H20N4O2. The third-order valence-corrected chi connectivity index (χ3v) is 2.15. The second kappa shape index (κ2) is 5.27. The summed E-state index contributed by atoms with van der Waals surface area (Å²) in [5.41, 5.74) is -0.314. The second-order valence-corrected chi connectivity index (χ2v) is 4.99. The Hall–Kier alpha value is -1.43. The molecule has 0 saturated carbocycles. The van der Waals surface area contributed by atoms with E-state index in [1.54, 1.807) is 10.9 Å². The summed E-state index contributed by atoms with van der Waals surface area (Å²) in [7, 11) is 1.84. The molecule has 1 unspecified atom stereocenters. The van der Waals surface area contributed by atoms with E-state index in [4.69, 9.17) is 4.74 Å². The first kappa shape index (κ1) is 13.6. The lowest BCUT2D eigenvalue weighted by Gasteiger charge is -2.20. The molecule has 6 nitrogen and oxygen atoms in total. The minimum absolute atomic E-state index is 0.0473. The molecule has 6 heteroatoms. The van der Waals surface area contributed by atoms with Crippen molar-refractivity contribution < 1.29 is 9.53 Å². The zero-order valence-corrected chi connectivity index (χ0v) is 11.0. The summed E-state index contributed by atoms with van der Waals surface area (Å²) in [4.78, 5) is 11.6. The van der Waals surface area contributed by atoms with E-state index in [0.29, 0.717) is 5.82 Å². The summed E-state index contributed by atoms with van der Waals surface area (Å²) < 4.78 is 7.16. The smallest absolute Gasteiger partial charge is 0.246 e. The first-order valence-electron chi connectivity index (χ1n) is 5.57. The number of aryl methyl sites for hydroxylation is 1. The molecule has 1 rings (SSSR count). The van der Waals surface area contributed by atoms with Gasteiger partial charge in [0.25, 0.3) is 0 Å². The second-order valence-electron chi connectivity index (χ2n) is 4.99. The minimum atomic E-state index is -0.314. The van der Waals surface area contributed by atoms with E-state index in [-0.39, 0.29) is 24.2 Å². The first-order valence-corrected chi connectivity index (χ1v) is 5.57. The molecule has 17 heavy (non-hydrogen) atoms. The third kappa shape index (κ3) is 4.52. The van der Waals surface area contributed by atoms with Gasteiger partial charge in [0.15, 0.2) is 5.82 Å². The van der Waals surface area contributed by atoms with Crippen LogP contribution in [0, 0.1) is 0 Å². The number of hydrogen-bond acceptors (Lipinski definition) is 4. The normalized spacial score (nSPS) is 13.5. The van der Waals surface area contributed by atoms with Crippen LogP contribution < -0.4 is 5.32 Å². The van der Waals surface area contributed by atoms with Crippen LogP contribution in [0.15, 0.2) is 6.33 Å². The van der Waals surface area contributed by atoms with Gasteiger partial charge in [-0.05, 0) is 27.7 Å². The van der Waals surface area contributed by atoms with Crippen molar-refractivity contribution in [1.29, 1.82) is 0 Å². The molecule has 0 aliphatic rings. The average molecular weight is 240 g/mol. The van der Waals surface area contributed by atoms with Gasteiger partial charge in [0.05, 0.1) is 11.6 Å². The number of nitrogens with zero attached hydrogens (tertiary/aromatic N) is 3. The summed E-state index contributed by atoms with van der Waals surface area (Å²) in [6.07, 6.45) is 1.60. The van der Waals surface area contributed by atoms with Gasteiger partial charge in [-0.2, -0.15) is 0 Å². The fraction of sp³-hybridized carbons (Fsp3) is 0.727. The number of carbonyl (C=O) groups excluding carboxylic acids is 1. The summed E-state index contributed by atoms with van der Waals surface area (Å²) in [5.74, 6) is 0.560. The van der Waals surface area contributed by atoms with Gasteiger partial charge in [0, 0.05) is 7.05 Å². The quantitative estimate of drug-likeness (QED) is 0.845. The van der Waals surface area contributed by atoms with Crippen molar-refractivity contribution in [3.63, 3.8) is 0 Å². The van der Waals surface area contributed by atoms with Crippen molar-refractivity contribution in [2.75, 3.05) is 6.61 Å². The molecule has 0 aliphatic heterocycles. The molecule has 1 heterocycles. The van der Waals surface area contributed by atoms with E-state index >= 15 is 0 Å². The van der Waals surface area contributed by atoms with Crippen molar-refractivity contribution in [3.05, 3.63) is 12.2 Å². The highest BCUT2D eigenvalue weighted by Gasteiger charge is 2.17. The van der Waals surface area contributed by atoms with Crippen molar-refractivity contribution in [1.82, 2.24) is 20.1 Å². The maximum absolute atomic E-state index is 11.6. The Morgan fingerprint density at radius 2 is 2.24 bits per heavy atom. The zero-order chi connectivity index (χ0) is 13.1. The molecular weight excluding hydrogens is 220 g/mol. The molecule has 0 bridgehead atoms. The highest BCUT2D eigenvalue weighted by molar-refractivity contribution is 5.77. The zero-order valence-electron chi connectivity index (χ0n) is 11.0. The number of carbonyl (C=O) groups is 1. The molecule has 0 saturated heterocycles. The number of nitrogens with one attached hydrogen (secondary N) is 1. The van der Waals surface area contributed by atoms with Crippen LogP contribution in [0.25, 0.3) is 0 Å². The first-order chi connectivity index (χ1) is 7.79. The Morgan fingerprint density at radius 1 is 1.59 bits per heavy atom. The Balaban J connectivity index is 2.44. The Labute approximate surface area is 101 Å². The van der Waals surface area contributed by atoms with Crippen molar-refractivity contribution >= 4 is 5.91 Å². The van der Waals surface area contributed by atoms with E-state index in [1.165, 1.54) is 0 Å². The van der Waals surface area contributed by atoms with Crippen molar-refractivity contribution in [2.45, 2.75) is 39.3 Å². The van der Waals surface area contributed by atoms with Gasteiger partial charge < -0.3 is 14.6 Å². The number of amides is 1. The molecule has 0 aliphatic carbocycles. The predicted molar refractivity (Wildman–Crippen MR) is 63.3 cm³/mol. The fourth-order valence-electron chi connectivity index (χ4n) is 1.31. The predicted octanol–water partition coefficient (Wildman–Crippen LogP) is 0.807. The molecule has 0 spiro atoms. The molecule has 1 aromatic rings. The maximum Gasteiger partial charge on any atom is 0.246 e. The van der Waals surface area contributed by atoms with E-state index in [2.05, 4.69) is 15.5 Å². The molecule has 0 fully saturated rings. The highest BCUT2D eigenvalue weighted by atomic mass is 16.5. The minimum Gasteiger partial charge on any atom is -0.366 e. The molecule has 0 radical (unpaired) electrons. The fourth-order valence-corrected chi connectivity index (χ4v) is 1.31. The lowest BCUT2D eigenvalue weighted by Crippen LogP contribution is -2.34. The Kier molecular flexibility index (Phi) is 4.22. The van der Waals surface area contributed by atoms with Gasteiger partial charge in [0.1, 0.15) is 12.9 Å². The molecule has 0 aromatic carbocycles. The Morgan fingerprint density at radius 3 is 2.71 bits per heavy atom. The molecule has 1 atom stereocenters. The monoisotopic (exact) mass is 240 g/mol. The number of hydrogen-bond donors (Lipinski definition) is 1. The van der Waals surface area contributed by atoms with Crippen molar-refractivity contribution in [3.8, 4) is 0 Å². The summed E-state index contributed by atoms with van der Waals surface area (Å²) in [6.45, 7) is 7.63. The van der Waals surface area contributed by atoms with Gasteiger partial charge in [-0.3, -0.25) is 4.79 Å². The summed E-state index contributed by atoms with van der Waals surface area (Å²) >= 11 is 0. The van der Waals surface area contributed by atoms with Crippen LogP contribution in [0.5, 0.6) is 0 Å². The summed E-state index contributed by atoms with van der Waals surface area (Å²) in [6, 6.07) is -0.182. The van der Waals surface area contributed by atoms with Gasteiger partial charge in [-0.15, -0.1) is 10.2 Å². The topological polar surface area (TPSA) is 69.0 Å². The van der Waals surface area contributed by atoms with Crippen molar-refractivity contribution in [2.24, 2.45) is 7.05 Å². The third-order valence-electron chi connectivity index (χ3n) is 2.15. The van der Waals surface area contributed by atoms with Crippen LogP contribution in [0.3, 0.4) is 0 Å².